The van der Waals surface area contributed by atoms with Gasteiger partial charge in [-0.25, -0.2) is 16.8 Å². The Morgan fingerprint density at radius 1 is 1.06 bits per heavy atom. The van der Waals surface area contributed by atoms with E-state index in [1.807, 2.05) is 0 Å². The molecule has 1 aromatic carbocycles. The first-order valence-electron chi connectivity index (χ1n) is 5.03. The Morgan fingerprint density at radius 2 is 1.65 bits per heavy atom. The maximum atomic E-state index is 11.9. The lowest BCUT2D eigenvalue weighted by Gasteiger charge is -2.21. The van der Waals surface area contributed by atoms with Crippen molar-refractivity contribution in [1.29, 1.82) is 0 Å². The van der Waals surface area contributed by atoms with E-state index in [1.54, 1.807) is 30.3 Å². The smallest absolute Gasteiger partial charge is 0.180 e. The summed E-state index contributed by atoms with van der Waals surface area (Å²) in [6, 6.07) is 8.41. The van der Waals surface area contributed by atoms with E-state index in [2.05, 4.69) is 0 Å². The fraction of sp³-hybridized carbons (Fsp3) is 0.273. The first-order chi connectivity index (χ1) is 7.83. The van der Waals surface area contributed by atoms with Gasteiger partial charge in [-0.15, -0.1) is 0 Å². The molecule has 1 aliphatic heterocycles. The van der Waals surface area contributed by atoms with Crippen molar-refractivity contribution in [3.63, 3.8) is 0 Å². The molecule has 0 amide bonds. The Bertz CT molecular complexity index is 655. The highest BCUT2D eigenvalue weighted by molar-refractivity contribution is 8.01. The highest BCUT2D eigenvalue weighted by atomic mass is 32.2. The van der Waals surface area contributed by atoms with Crippen molar-refractivity contribution in [2.45, 2.75) is 12.2 Å². The van der Waals surface area contributed by atoms with Crippen molar-refractivity contribution in [3.05, 3.63) is 46.2 Å². The van der Waals surface area contributed by atoms with Crippen molar-refractivity contribution in [1.82, 2.24) is 0 Å². The van der Waals surface area contributed by atoms with Gasteiger partial charge in [0.05, 0.1) is 10.7 Å². The fourth-order valence-electron chi connectivity index (χ4n) is 1.77. The molecule has 0 fully saturated rings. The third-order valence-electron chi connectivity index (χ3n) is 2.76. The molecule has 17 heavy (non-hydrogen) atoms. The molecule has 2 rings (SSSR count). The summed E-state index contributed by atoms with van der Waals surface area (Å²) in [5, 5.41) is -0.124. The summed E-state index contributed by atoms with van der Waals surface area (Å²) in [5.74, 6) is -0.373. The molecule has 0 N–H and O–H groups in total. The van der Waals surface area contributed by atoms with Gasteiger partial charge in [-0.3, -0.25) is 0 Å². The zero-order valence-electron chi connectivity index (χ0n) is 9.20. The van der Waals surface area contributed by atoms with Crippen molar-refractivity contribution in [3.8, 4) is 0 Å². The van der Waals surface area contributed by atoms with Crippen LogP contribution in [0.25, 0.3) is 0 Å². The zero-order chi connectivity index (χ0) is 12.7. The van der Waals surface area contributed by atoms with Crippen molar-refractivity contribution in [2.75, 3.05) is 5.75 Å². The number of benzene rings is 1. The molecular weight excluding hydrogens is 260 g/mol. The number of sulfone groups is 2. The molecule has 0 radical (unpaired) electrons. The van der Waals surface area contributed by atoms with Gasteiger partial charge in [0.1, 0.15) is 5.25 Å². The summed E-state index contributed by atoms with van der Waals surface area (Å²) in [6.07, 6.45) is 0. The number of allylic oxidation sites excluding steroid dienone is 1. The second-order valence-corrected chi connectivity index (χ2v) is 8.19. The summed E-state index contributed by atoms with van der Waals surface area (Å²) in [4.78, 5) is -0.0790. The second kappa shape index (κ2) is 3.96. The molecule has 0 saturated carbocycles. The average Bonchev–Trinajstić information content (AvgIpc) is 2.25. The van der Waals surface area contributed by atoms with Gasteiger partial charge < -0.3 is 0 Å². The van der Waals surface area contributed by atoms with Gasteiger partial charge in [0.25, 0.3) is 0 Å². The van der Waals surface area contributed by atoms with Crippen LogP contribution < -0.4 is 0 Å². The van der Waals surface area contributed by atoms with Crippen LogP contribution in [-0.4, -0.2) is 22.6 Å². The number of hydrogen-bond donors (Lipinski definition) is 0. The first-order valence-corrected chi connectivity index (χ1v) is 8.29. The molecule has 1 aliphatic rings. The van der Waals surface area contributed by atoms with Crippen LogP contribution in [0, 0.1) is 0 Å². The topological polar surface area (TPSA) is 68.3 Å². The van der Waals surface area contributed by atoms with Crippen molar-refractivity contribution < 1.29 is 16.8 Å². The molecule has 0 saturated heterocycles. The second-order valence-electron chi connectivity index (χ2n) is 4.00. The van der Waals surface area contributed by atoms with Gasteiger partial charge in [-0.2, -0.15) is 0 Å². The minimum Gasteiger partial charge on any atom is -0.224 e. The van der Waals surface area contributed by atoms with Crippen LogP contribution in [0.3, 0.4) is 0 Å². The molecule has 4 nitrogen and oxygen atoms in total. The molecule has 6 heteroatoms. The minimum absolute atomic E-state index is 0.0790. The maximum Gasteiger partial charge on any atom is 0.180 e. The van der Waals surface area contributed by atoms with Crippen LogP contribution in [-0.2, 0) is 19.7 Å². The van der Waals surface area contributed by atoms with Gasteiger partial charge in [-0.05, 0) is 12.5 Å². The molecule has 1 aromatic rings. The fourth-order valence-corrected chi connectivity index (χ4v) is 6.07. The van der Waals surface area contributed by atoms with Crippen LogP contribution >= 0.6 is 0 Å². The highest BCUT2D eigenvalue weighted by Gasteiger charge is 2.36. The molecule has 92 valence electrons. The zero-order valence-corrected chi connectivity index (χ0v) is 10.8. The largest absolute Gasteiger partial charge is 0.224 e. The van der Waals surface area contributed by atoms with Gasteiger partial charge in [-0.1, -0.05) is 30.3 Å². The molecule has 0 aliphatic carbocycles. The summed E-state index contributed by atoms with van der Waals surface area (Å²) >= 11 is 0. The number of hydrogen-bond acceptors (Lipinski definition) is 4. The predicted octanol–water partition coefficient (Wildman–Crippen LogP) is 1.43. The Labute approximate surface area is 101 Å². The molecule has 0 spiro atoms. The summed E-state index contributed by atoms with van der Waals surface area (Å²) in [7, 11) is -6.99. The summed E-state index contributed by atoms with van der Waals surface area (Å²) in [6.45, 7) is 1.31. The molecule has 1 atom stereocenters. The molecular formula is C11H12O4S2. The molecule has 1 heterocycles. The van der Waals surface area contributed by atoms with E-state index in [0.717, 1.165) is 5.41 Å². The maximum absolute atomic E-state index is 11.9. The van der Waals surface area contributed by atoms with E-state index >= 15 is 0 Å². The quantitative estimate of drug-likeness (QED) is 0.775. The lowest BCUT2D eigenvalue weighted by Crippen LogP contribution is -2.26. The van der Waals surface area contributed by atoms with E-state index in [-0.39, 0.29) is 10.7 Å². The lowest BCUT2D eigenvalue weighted by atomic mass is 10.2. The first kappa shape index (κ1) is 12.3. The van der Waals surface area contributed by atoms with Gasteiger partial charge in [0, 0.05) is 5.41 Å². The Hall–Kier alpha value is -1.14. The minimum atomic E-state index is -3.54. The van der Waals surface area contributed by atoms with Crippen LogP contribution in [0.2, 0.25) is 0 Å². The SMILES string of the molecule is CC1=CS(=O)(=O)C(c2ccccc2)CS1(=O)=O. The highest BCUT2D eigenvalue weighted by Crippen LogP contribution is 2.32. The molecule has 0 bridgehead atoms. The van der Waals surface area contributed by atoms with E-state index in [4.69, 9.17) is 0 Å². The Morgan fingerprint density at radius 3 is 2.24 bits per heavy atom. The van der Waals surface area contributed by atoms with E-state index in [0.29, 0.717) is 5.56 Å². The Kier molecular flexibility index (Phi) is 2.87. The molecule has 0 aromatic heterocycles. The summed E-state index contributed by atoms with van der Waals surface area (Å²) < 4.78 is 47.3. The van der Waals surface area contributed by atoms with E-state index in [9.17, 15) is 16.8 Å². The average molecular weight is 272 g/mol. The third kappa shape index (κ3) is 2.28. The van der Waals surface area contributed by atoms with Crippen LogP contribution in [0.5, 0.6) is 0 Å². The number of rotatable bonds is 1. The van der Waals surface area contributed by atoms with Crippen LogP contribution in [0.15, 0.2) is 40.6 Å². The van der Waals surface area contributed by atoms with Gasteiger partial charge in [0.2, 0.25) is 0 Å². The van der Waals surface area contributed by atoms with Gasteiger partial charge in [0.15, 0.2) is 19.7 Å². The monoisotopic (exact) mass is 272 g/mol. The van der Waals surface area contributed by atoms with Crippen LogP contribution in [0.4, 0.5) is 0 Å². The predicted molar refractivity (Wildman–Crippen MR) is 65.6 cm³/mol. The van der Waals surface area contributed by atoms with E-state index < -0.39 is 24.9 Å². The van der Waals surface area contributed by atoms with E-state index in [1.165, 1.54) is 6.92 Å². The van der Waals surface area contributed by atoms with Gasteiger partial charge >= 0.3 is 0 Å². The van der Waals surface area contributed by atoms with Crippen molar-refractivity contribution >= 4 is 19.7 Å². The third-order valence-corrected chi connectivity index (χ3v) is 6.90. The standard InChI is InChI=1S/C11H12O4S2/c1-9-7-17(14,15)11(8-16(9,12)13)10-5-3-2-4-6-10/h2-7,11H,8H2,1H3. The van der Waals surface area contributed by atoms with Crippen molar-refractivity contribution in [2.24, 2.45) is 0 Å². The summed E-state index contributed by atoms with van der Waals surface area (Å²) in [5.41, 5.74) is 0.514. The van der Waals surface area contributed by atoms with Crippen LogP contribution in [0.1, 0.15) is 17.7 Å². The molecule has 1 unspecified atom stereocenters. The lowest BCUT2D eigenvalue weighted by molar-refractivity contribution is 0.580. The Balaban J connectivity index is 2.59. The normalized spacial score (nSPS) is 26.2.